The minimum Gasteiger partial charge on any atom is -0.325 e. The number of halogens is 1. The maximum atomic E-state index is 13.8. The number of benzene rings is 1. The van der Waals surface area contributed by atoms with Gasteiger partial charge < -0.3 is 15.1 Å². The molecule has 2 aliphatic heterocycles. The Bertz CT molecular complexity index is 836. The summed E-state index contributed by atoms with van der Waals surface area (Å²) in [6.07, 6.45) is 6.27. The number of likely N-dealkylation sites (tertiary alicyclic amines) is 2. The van der Waals surface area contributed by atoms with Crippen LogP contribution in [0.3, 0.4) is 0 Å². The highest BCUT2D eigenvalue weighted by Crippen LogP contribution is 2.39. The number of amides is 2. The average Bonchev–Trinajstić information content (AvgIpc) is 2.73. The summed E-state index contributed by atoms with van der Waals surface area (Å²) in [6, 6.07) is 11.3. The zero-order chi connectivity index (χ0) is 20.3. The van der Waals surface area contributed by atoms with E-state index in [4.69, 9.17) is 0 Å². The second-order valence-electron chi connectivity index (χ2n) is 8.52. The normalized spacial score (nSPS) is 20.4. The van der Waals surface area contributed by atoms with E-state index in [1.165, 1.54) is 31.5 Å². The maximum Gasteiger partial charge on any atom is 0.318 e. The standard InChI is InChI=1S/C23H29FN4O/c1-27-13-5-9-23(17-27)10-14-28(15-11-23)22(29)26-21(20-8-2-3-12-25-20)18-6-4-7-19(24)16-18/h2-4,6-8,12,16,21H,5,9-11,13-15,17H2,1H3,(H,26,29). The van der Waals surface area contributed by atoms with E-state index in [1.807, 2.05) is 29.2 Å². The van der Waals surface area contributed by atoms with Gasteiger partial charge in [0.1, 0.15) is 5.82 Å². The Morgan fingerprint density at radius 1 is 1.14 bits per heavy atom. The lowest BCUT2D eigenvalue weighted by atomic mass is 9.72. The van der Waals surface area contributed by atoms with Crippen LogP contribution in [0.2, 0.25) is 0 Å². The van der Waals surface area contributed by atoms with Crippen LogP contribution >= 0.6 is 0 Å². The Morgan fingerprint density at radius 2 is 1.97 bits per heavy atom. The Kier molecular flexibility index (Phi) is 5.81. The Balaban J connectivity index is 1.46. The third kappa shape index (κ3) is 4.58. The van der Waals surface area contributed by atoms with Crippen molar-refractivity contribution >= 4 is 6.03 Å². The molecule has 1 unspecified atom stereocenters. The van der Waals surface area contributed by atoms with E-state index in [-0.39, 0.29) is 11.8 Å². The first-order chi connectivity index (χ1) is 14.0. The van der Waals surface area contributed by atoms with Crippen LogP contribution in [0.25, 0.3) is 0 Å². The summed E-state index contributed by atoms with van der Waals surface area (Å²) >= 11 is 0. The van der Waals surface area contributed by atoms with Crippen LogP contribution in [-0.2, 0) is 0 Å². The molecule has 2 saturated heterocycles. The smallest absolute Gasteiger partial charge is 0.318 e. The number of rotatable bonds is 3. The van der Waals surface area contributed by atoms with Crippen LogP contribution in [0.1, 0.15) is 43.0 Å². The molecule has 0 bridgehead atoms. The van der Waals surface area contributed by atoms with Crippen molar-refractivity contribution in [3.8, 4) is 0 Å². The average molecular weight is 397 g/mol. The molecule has 2 aliphatic rings. The number of hydrogen-bond donors (Lipinski definition) is 1. The van der Waals surface area contributed by atoms with Gasteiger partial charge >= 0.3 is 6.03 Å². The highest BCUT2D eigenvalue weighted by Gasteiger charge is 2.38. The third-order valence-electron chi connectivity index (χ3n) is 6.40. The number of pyridine rings is 1. The van der Waals surface area contributed by atoms with Gasteiger partial charge in [0, 0.05) is 25.8 Å². The first-order valence-electron chi connectivity index (χ1n) is 10.5. The van der Waals surface area contributed by atoms with Gasteiger partial charge in [-0.1, -0.05) is 18.2 Å². The number of nitrogens with zero attached hydrogens (tertiary/aromatic N) is 3. The van der Waals surface area contributed by atoms with Gasteiger partial charge in [0.2, 0.25) is 0 Å². The van der Waals surface area contributed by atoms with Crippen molar-refractivity contribution in [1.82, 2.24) is 20.1 Å². The molecule has 29 heavy (non-hydrogen) atoms. The first-order valence-corrected chi connectivity index (χ1v) is 10.5. The molecule has 1 aromatic carbocycles. The molecule has 5 nitrogen and oxygen atoms in total. The van der Waals surface area contributed by atoms with Gasteiger partial charge in [-0.15, -0.1) is 0 Å². The molecule has 0 saturated carbocycles. The number of carbonyl (C=O) groups is 1. The topological polar surface area (TPSA) is 48.5 Å². The van der Waals surface area contributed by atoms with Gasteiger partial charge in [-0.05, 0) is 74.5 Å². The molecule has 1 N–H and O–H groups in total. The molecule has 1 atom stereocenters. The number of hydrogen-bond acceptors (Lipinski definition) is 3. The monoisotopic (exact) mass is 396 g/mol. The summed E-state index contributed by atoms with van der Waals surface area (Å²) in [5.74, 6) is -0.320. The molecular formula is C23H29FN4O. The lowest BCUT2D eigenvalue weighted by Crippen LogP contribution is -2.52. The van der Waals surface area contributed by atoms with Crippen molar-refractivity contribution in [2.75, 3.05) is 33.2 Å². The second-order valence-corrected chi connectivity index (χ2v) is 8.52. The minimum atomic E-state index is -0.476. The van der Waals surface area contributed by atoms with Crippen molar-refractivity contribution in [1.29, 1.82) is 0 Å². The van der Waals surface area contributed by atoms with E-state index in [2.05, 4.69) is 22.2 Å². The second kappa shape index (κ2) is 8.49. The van der Waals surface area contributed by atoms with Gasteiger partial charge in [-0.25, -0.2) is 9.18 Å². The van der Waals surface area contributed by atoms with E-state index < -0.39 is 6.04 Å². The number of aromatic nitrogens is 1. The molecule has 0 aliphatic carbocycles. The van der Waals surface area contributed by atoms with E-state index in [0.717, 1.165) is 32.5 Å². The number of carbonyl (C=O) groups excluding carboxylic acids is 1. The Morgan fingerprint density at radius 3 is 2.66 bits per heavy atom. The van der Waals surface area contributed by atoms with E-state index >= 15 is 0 Å². The van der Waals surface area contributed by atoms with Gasteiger partial charge in [0.05, 0.1) is 11.7 Å². The fraction of sp³-hybridized carbons (Fsp3) is 0.478. The molecule has 1 spiro atoms. The van der Waals surface area contributed by atoms with Gasteiger partial charge in [0.25, 0.3) is 0 Å². The molecule has 0 radical (unpaired) electrons. The van der Waals surface area contributed by atoms with Gasteiger partial charge in [-0.3, -0.25) is 4.98 Å². The highest BCUT2D eigenvalue weighted by atomic mass is 19.1. The molecule has 2 fully saturated rings. The number of piperidine rings is 2. The third-order valence-corrected chi connectivity index (χ3v) is 6.40. The lowest BCUT2D eigenvalue weighted by molar-refractivity contribution is 0.0447. The quantitative estimate of drug-likeness (QED) is 0.858. The van der Waals surface area contributed by atoms with Crippen molar-refractivity contribution < 1.29 is 9.18 Å². The molecule has 2 amide bonds. The number of urea groups is 1. The van der Waals surface area contributed by atoms with Crippen LogP contribution in [0.15, 0.2) is 48.7 Å². The zero-order valence-electron chi connectivity index (χ0n) is 17.0. The van der Waals surface area contributed by atoms with Crippen LogP contribution in [-0.4, -0.2) is 54.0 Å². The van der Waals surface area contributed by atoms with Gasteiger partial charge in [-0.2, -0.15) is 0 Å². The van der Waals surface area contributed by atoms with Crippen LogP contribution in [0.4, 0.5) is 9.18 Å². The van der Waals surface area contributed by atoms with Crippen molar-refractivity contribution in [2.24, 2.45) is 5.41 Å². The molecule has 1 aromatic heterocycles. The highest BCUT2D eigenvalue weighted by molar-refractivity contribution is 5.75. The summed E-state index contributed by atoms with van der Waals surface area (Å²) in [5, 5.41) is 3.09. The molecule has 6 heteroatoms. The predicted molar refractivity (Wildman–Crippen MR) is 111 cm³/mol. The maximum absolute atomic E-state index is 13.8. The lowest BCUT2D eigenvalue weighted by Gasteiger charge is -2.47. The van der Waals surface area contributed by atoms with E-state index in [1.54, 1.807) is 12.3 Å². The SMILES string of the molecule is CN1CCCC2(CCN(C(=O)NC(c3cccc(F)c3)c3ccccn3)CC2)C1. The number of nitrogens with one attached hydrogen (secondary N) is 1. The largest absolute Gasteiger partial charge is 0.325 e. The zero-order valence-corrected chi connectivity index (χ0v) is 17.0. The van der Waals surface area contributed by atoms with E-state index in [9.17, 15) is 9.18 Å². The summed E-state index contributed by atoms with van der Waals surface area (Å²) < 4.78 is 13.8. The summed E-state index contributed by atoms with van der Waals surface area (Å²) in [6.45, 7) is 3.82. The van der Waals surface area contributed by atoms with Crippen LogP contribution < -0.4 is 5.32 Å². The molecule has 2 aromatic rings. The summed E-state index contributed by atoms with van der Waals surface area (Å²) in [5.41, 5.74) is 1.75. The Labute approximate surface area is 171 Å². The molecular weight excluding hydrogens is 367 g/mol. The van der Waals surface area contributed by atoms with Gasteiger partial charge in [0.15, 0.2) is 0 Å². The molecule has 3 heterocycles. The van der Waals surface area contributed by atoms with Crippen LogP contribution in [0, 0.1) is 11.2 Å². The fourth-order valence-corrected chi connectivity index (χ4v) is 4.82. The van der Waals surface area contributed by atoms with Crippen molar-refractivity contribution in [2.45, 2.75) is 31.7 Å². The summed E-state index contributed by atoms with van der Waals surface area (Å²) in [7, 11) is 2.19. The predicted octanol–water partition coefficient (Wildman–Crippen LogP) is 3.83. The molecule has 154 valence electrons. The van der Waals surface area contributed by atoms with Crippen LogP contribution in [0.5, 0.6) is 0 Å². The summed E-state index contributed by atoms with van der Waals surface area (Å²) in [4.78, 5) is 21.8. The van der Waals surface area contributed by atoms with E-state index in [0.29, 0.717) is 16.7 Å². The Hall–Kier alpha value is -2.47. The van der Waals surface area contributed by atoms with Crippen molar-refractivity contribution in [3.63, 3.8) is 0 Å². The first kappa shape index (κ1) is 19.8. The minimum absolute atomic E-state index is 0.107. The molecule has 4 rings (SSSR count). The van der Waals surface area contributed by atoms with Crippen molar-refractivity contribution in [3.05, 3.63) is 65.7 Å². The fourth-order valence-electron chi connectivity index (χ4n) is 4.82.